The van der Waals surface area contributed by atoms with Gasteiger partial charge in [-0.05, 0) is 53.4 Å². The SMILES string of the molecule is CCCOc1ccc2c(c1)[C@@H](c1ccc(OC)cc1OCCO)[C@@H](C(=O)OC)[C@H]2c1ccc2c(c1)OCO2. The molecule has 2 aliphatic rings. The van der Waals surface area contributed by atoms with Gasteiger partial charge in [0.1, 0.15) is 23.9 Å². The number of carbonyl (C=O) groups is 1. The summed E-state index contributed by atoms with van der Waals surface area (Å²) in [5.41, 5.74) is 3.67. The van der Waals surface area contributed by atoms with Gasteiger partial charge in [0.15, 0.2) is 11.5 Å². The van der Waals surface area contributed by atoms with Crippen molar-refractivity contribution in [2.24, 2.45) is 5.92 Å². The summed E-state index contributed by atoms with van der Waals surface area (Å²) >= 11 is 0. The molecule has 0 fully saturated rings. The number of esters is 1. The molecule has 8 heteroatoms. The van der Waals surface area contributed by atoms with Gasteiger partial charge in [0, 0.05) is 23.5 Å². The van der Waals surface area contributed by atoms with Gasteiger partial charge in [0.05, 0.1) is 33.4 Å². The lowest BCUT2D eigenvalue weighted by Crippen LogP contribution is -2.26. The van der Waals surface area contributed by atoms with Gasteiger partial charge in [-0.3, -0.25) is 4.79 Å². The normalized spacial score (nSPS) is 19.1. The summed E-state index contributed by atoms with van der Waals surface area (Å²) in [7, 11) is 2.99. The number of hydrogen-bond donors (Lipinski definition) is 1. The van der Waals surface area contributed by atoms with E-state index in [1.54, 1.807) is 13.2 Å². The summed E-state index contributed by atoms with van der Waals surface area (Å²) in [6.45, 7) is 2.77. The first-order valence-electron chi connectivity index (χ1n) is 12.7. The van der Waals surface area contributed by atoms with Crippen molar-refractivity contribution in [3.63, 3.8) is 0 Å². The number of hydrogen-bond acceptors (Lipinski definition) is 8. The van der Waals surface area contributed by atoms with Crippen LogP contribution in [0.5, 0.6) is 28.7 Å². The fourth-order valence-electron chi connectivity index (χ4n) is 5.44. The molecule has 0 spiro atoms. The third kappa shape index (κ3) is 4.72. The van der Waals surface area contributed by atoms with Gasteiger partial charge in [-0.2, -0.15) is 0 Å². The summed E-state index contributed by atoms with van der Waals surface area (Å²) in [5.74, 6) is 1.55. The molecule has 200 valence electrons. The number of methoxy groups -OCH3 is 2. The van der Waals surface area contributed by atoms with Crippen LogP contribution < -0.4 is 23.7 Å². The number of aliphatic hydroxyl groups is 1. The van der Waals surface area contributed by atoms with Crippen LogP contribution in [-0.2, 0) is 9.53 Å². The van der Waals surface area contributed by atoms with Crippen molar-refractivity contribution in [2.75, 3.05) is 40.8 Å². The molecule has 38 heavy (non-hydrogen) atoms. The van der Waals surface area contributed by atoms with Crippen molar-refractivity contribution >= 4 is 5.97 Å². The lowest BCUT2D eigenvalue weighted by atomic mass is 9.79. The largest absolute Gasteiger partial charge is 0.497 e. The molecule has 1 aliphatic carbocycles. The molecule has 0 radical (unpaired) electrons. The van der Waals surface area contributed by atoms with Crippen molar-refractivity contribution in [1.82, 2.24) is 0 Å². The highest BCUT2D eigenvalue weighted by Gasteiger charge is 2.48. The van der Waals surface area contributed by atoms with Crippen LogP contribution in [0.4, 0.5) is 0 Å². The minimum atomic E-state index is -0.596. The van der Waals surface area contributed by atoms with Gasteiger partial charge in [-0.15, -0.1) is 0 Å². The van der Waals surface area contributed by atoms with Crippen molar-refractivity contribution in [3.05, 3.63) is 76.9 Å². The van der Waals surface area contributed by atoms with E-state index in [-0.39, 0.29) is 31.9 Å². The maximum absolute atomic E-state index is 13.6. The molecule has 0 unspecified atom stereocenters. The molecule has 3 atom stereocenters. The van der Waals surface area contributed by atoms with Gasteiger partial charge in [-0.1, -0.05) is 25.1 Å². The van der Waals surface area contributed by atoms with Crippen LogP contribution in [0.1, 0.15) is 47.4 Å². The van der Waals surface area contributed by atoms with Crippen molar-refractivity contribution in [2.45, 2.75) is 25.2 Å². The Morgan fingerprint density at radius 3 is 2.42 bits per heavy atom. The Morgan fingerprint density at radius 2 is 1.66 bits per heavy atom. The maximum atomic E-state index is 13.6. The van der Waals surface area contributed by atoms with Gasteiger partial charge in [0.25, 0.3) is 0 Å². The Labute approximate surface area is 222 Å². The highest BCUT2D eigenvalue weighted by atomic mass is 16.7. The summed E-state index contributed by atoms with van der Waals surface area (Å²) < 4.78 is 33.9. The minimum absolute atomic E-state index is 0.105. The molecule has 5 rings (SSSR count). The van der Waals surface area contributed by atoms with Crippen molar-refractivity contribution < 1.29 is 38.3 Å². The predicted molar refractivity (Wildman–Crippen MR) is 140 cm³/mol. The lowest BCUT2D eigenvalue weighted by molar-refractivity contribution is -0.146. The summed E-state index contributed by atoms with van der Waals surface area (Å²) in [4.78, 5) is 13.6. The molecular formula is C30H32O8. The molecule has 0 amide bonds. The van der Waals surface area contributed by atoms with Gasteiger partial charge < -0.3 is 33.5 Å². The second-order valence-corrected chi connectivity index (χ2v) is 9.23. The molecule has 0 aromatic heterocycles. The van der Waals surface area contributed by atoms with E-state index in [1.807, 2.05) is 48.5 Å². The number of rotatable bonds is 10. The van der Waals surface area contributed by atoms with Crippen molar-refractivity contribution in [1.29, 1.82) is 0 Å². The summed E-state index contributed by atoms with van der Waals surface area (Å²) in [6.07, 6.45) is 0.878. The first-order chi connectivity index (χ1) is 18.6. The van der Waals surface area contributed by atoms with Crippen LogP contribution in [0.15, 0.2) is 54.6 Å². The zero-order valence-electron chi connectivity index (χ0n) is 21.8. The Hall–Kier alpha value is -3.91. The number of aliphatic hydroxyl groups excluding tert-OH is 1. The van der Waals surface area contributed by atoms with Crippen LogP contribution in [0.2, 0.25) is 0 Å². The van der Waals surface area contributed by atoms with E-state index >= 15 is 0 Å². The molecule has 3 aromatic carbocycles. The van der Waals surface area contributed by atoms with Gasteiger partial charge in [-0.25, -0.2) is 0 Å². The Balaban J connectivity index is 1.70. The maximum Gasteiger partial charge on any atom is 0.310 e. The fourth-order valence-corrected chi connectivity index (χ4v) is 5.44. The molecule has 3 aromatic rings. The van der Waals surface area contributed by atoms with Crippen LogP contribution in [0.25, 0.3) is 0 Å². The summed E-state index contributed by atoms with van der Waals surface area (Å²) in [6, 6.07) is 17.3. The van der Waals surface area contributed by atoms with Crippen molar-refractivity contribution in [3.8, 4) is 28.7 Å². The lowest BCUT2D eigenvalue weighted by Gasteiger charge is -2.26. The van der Waals surface area contributed by atoms with Crippen LogP contribution in [-0.4, -0.2) is 51.9 Å². The highest BCUT2D eigenvalue weighted by Crippen LogP contribution is 2.56. The van der Waals surface area contributed by atoms with Crippen LogP contribution >= 0.6 is 0 Å². The Bertz CT molecular complexity index is 1300. The monoisotopic (exact) mass is 520 g/mol. The number of ether oxygens (including phenoxy) is 6. The first kappa shape index (κ1) is 25.7. The van der Waals surface area contributed by atoms with E-state index in [4.69, 9.17) is 28.4 Å². The molecule has 1 heterocycles. The smallest absolute Gasteiger partial charge is 0.310 e. The first-order valence-corrected chi connectivity index (χ1v) is 12.7. The second-order valence-electron chi connectivity index (χ2n) is 9.23. The zero-order valence-corrected chi connectivity index (χ0v) is 21.8. The fraction of sp³-hybridized carbons (Fsp3) is 0.367. The molecule has 0 bridgehead atoms. The highest BCUT2D eigenvalue weighted by molar-refractivity contribution is 5.80. The third-order valence-electron chi connectivity index (χ3n) is 7.05. The average Bonchev–Trinajstić information content (AvgIpc) is 3.56. The minimum Gasteiger partial charge on any atom is -0.497 e. The predicted octanol–water partition coefficient (Wildman–Crippen LogP) is 4.65. The summed E-state index contributed by atoms with van der Waals surface area (Å²) in [5, 5.41) is 9.46. The molecular weight excluding hydrogens is 488 g/mol. The van der Waals surface area contributed by atoms with Gasteiger partial charge in [0.2, 0.25) is 6.79 Å². The van der Waals surface area contributed by atoms with E-state index in [1.165, 1.54) is 7.11 Å². The van der Waals surface area contributed by atoms with E-state index in [2.05, 4.69) is 6.92 Å². The standard InChI is InChI=1S/C30H32O8/c1-4-12-35-20-7-8-21-23(15-20)28(22-9-6-19(33-2)16-25(22)36-13-11-31)29(30(32)34-3)27(21)18-5-10-24-26(14-18)38-17-37-24/h5-10,14-16,27-29,31H,4,11-13,17H2,1-3H3/t27-,28+,29-/m0/s1. The molecule has 0 saturated heterocycles. The molecule has 0 saturated carbocycles. The zero-order chi connectivity index (χ0) is 26.6. The van der Waals surface area contributed by atoms with Crippen LogP contribution in [0.3, 0.4) is 0 Å². The second kappa shape index (κ2) is 11.2. The third-order valence-corrected chi connectivity index (χ3v) is 7.05. The Morgan fingerprint density at radius 1 is 0.868 bits per heavy atom. The van der Waals surface area contributed by atoms with Crippen LogP contribution in [0, 0.1) is 5.92 Å². The Kier molecular flexibility index (Phi) is 7.60. The number of benzene rings is 3. The molecule has 1 N–H and O–H groups in total. The number of carbonyl (C=O) groups excluding carboxylic acids is 1. The van der Waals surface area contributed by atoms with E-state index in [0.29, 0.717) is 29.6 Å². The van der Waals surface area contributed by atoms with Gasteiger partial charge >= 0.3 is 5.97 Å². The average molecular weight is 521 g/mol. The topological polar surface area (TPSA) is 92.7 Å². The molecule has 8 nitrogen and oxygen atoms in total. The molecule has 1 aliphatic heterocycles. The van der Waals surface area contributed by atoms with E-state index in [0.717, 1.165) is 34.4 Å². The van der Waals surface area contributed by atoms with E-state index < -0.39 is 11.8 Å². The quantitative estimate of drug-likeness (QED) is 0.386. The van der Waals surface area contributed by atoms with E-state index in [9.17, 15) is 9.90 Å². The number of fused-ring (bicyclic) bond motifs is 2.